The second-order valence-electron chi connectivity index (χ2n) is 9.42. The summed E-state index contributed by atoms with van der Waals surface area (Å²) >= 11 is 0. The van der Waals surface area contributed by atoms with Crippen LogP contribution in [0.2, 0.25) is 0 Å². The first-order valence-electron chi connectivity index (χ1n) is 12.6. The molecule has 7 nitrogen and oxygen atoms in total. The van der Waals surface area contributed by atoms with Crippen LogP contribution in [-0.4, -0.2) is 50.0 Å². The molecule has 1 N–H and O–H groups in total. The normalized spacial score (nSPS) is 12.8. The predicted molar refractivity (Wildman–Crippen MR) is 147 cm³/mol. The SMILES string of the molecule is CC[C@@H](C)NC(=O)[C@@H](Cc1ccccc1)N(Cc1ccc(F)cc1)C(=O)CN(c1ccc(F)cc1)S(C)(=O)=O. The first-order valence-corrected chi connectivity index (χ1v) is 14.4. The number of amides is 2. The van der Waals surface area contributed by atoms with Gasteiger partial charge in [0.25, 0.3) is 0 Å². The number of carbonyl (C=O) groups excluding carboxylic acids is 2. The van der Waals surface area contributed by atoms with Crippen molar-refractivity contribution in [2.75, 3.05) is 17.1 Å². The fourth-order valence-electron chi connectivity index (χ4n) is 4.00. The third-order valence-electron chi connectivity index (χ3n) is 6.33. The highest BCUT2D eigenvalue weighted by atomic mass is 32.2. The lowest BCUT2D eigenvalue weighted by atomic mass is 10.0. The molecule has 39 heavy (non-hydrogen) atoms. The number of benzene rings is 3. The topological polar surface area (TPSA) is 86.8 Å². The summed E-state index contributed by atoms with van der Waals surface area (Å²) in [6, 6.07) is 18.3. The second-order valence-corrected chi connectivity index (χ2v) is 11.3. The summed E-state index contributed by atoms with van der Waals surface area (Å²) in [5.74, 6) is -2.04. The Balaban J connectivity index is 2.04. The summed E-state index contributed by atoms with van der Waals surface area (Å²) in [6.07, 6.45) is 1.79. The second kappa shape index (κ2) is 13.3. The van der Waals surface area contributed by atoms with Crippen molar-refractivity contribution in [3.8, 4) is 0 Å². The highest BCUT2D eigenvalue weighted by Gasteiger charge is 2.33. The van der Waals surface area contributed by atoms with Gasteiger partial charge in [0.2, 0.25) is 21.8 Å². The zero-order chi connectivity index (χ0) is 28.6. The first-order chi connectivity index (χ1) is 18.5. The molecule has 10 heteroatoms. The Kier molecular flexibility index (Phi) is 10.2. The summed E-state index contributed by atoms with van der Waals surface area (Å²) in [5, 5.41) is 2.94. The number of hydrogen-bond donors (Lipinski definition) is 1. The number of halogens is 2. The Morgan fingerprint density at radius 2 is 1.44 bits per heavy atom. The van der Waals surface area contributed by atoms with Crippen molar-refractivity contribution < 1.29 is 26.8 Å². The van der Waals surface area contributed by atoms with Crippen molar-refractivity contribution in [2.45, 2.75) is 45.3 Å². The van der Waals surface area contributed by atoms with Gasteiger partial charge in [-0.05, 0) is 60.9 Å². The largest absolute Gasteiger partial charge is 0.352 e. The molecule has 0 unspecified atom stereocenters. The average Bonchev–Trinajstić information content (AvgIpc) is 2.90. The molecule has 0 radical (unpaired) electrons. The van der Waals surface area contributed by atoms with Gasteiger partial charge in [0, 0.05) is 19.0 Å². The lowest BCUT2D eigenvalue weighted by Gasteiger charge is -2.34. The molecule has 208 valence electrons. The van der Waals surface area contributed by atoms with Gasteiger partial charge in [-0.3, -0.25) is 13.9 Å². The molecule has 0 fully saturated rings. The van der Waals surface area contributed by atoms with E-state index in [1.54, 1.807) is 0 Å². The van der Waals surface area contributed by atoms with Gasteiger partial charge in [-0.1, -0.05) is 49.4 Å². The predicted octanol–water partition coefficient (Wildman–Crippen LogP) is 4.29. The number of hydrogen-bond acceptors (Lipinski definition) is 4. The zero-order valence-corrected chi connectivity index (χ0v) is 23.0. The van der Waals surface area contributed by atoms with E-state index in [1.165, 1.54) is 41.3 Å². The number of nitrogens with one attached hydrogen (secondary N) is 1. The Morgan fingerprint density at radius 3 is 1.97 bits per heavy atom. The number of carbonyl (C=O) groups is 2. The number of sulfonamides is 1. The molecule has 0 aliphatic rings. The van der Waals surface area contributed by atoms with Gasteiger partial charge >= 0.3 is 0 Å². The quantitative estimate of drug-likeness (QED) is 0.360. The summed E-state index contributed by atoms with van der Waals surface area (Å²) in [6.45, 7) is 3.09. The first kappa shape index (κ1) is 29.8. The molecule has 0 saturated carbocycles. The summed E-state index contributed by atoms with van der Waals surface area (Å²) in [5.41, 5.74) is 1.47. The molecule has 0 aromatic heterocycles. The van der Waals surface area contributed by atoms with Crippen molar-refractivity contribution in [3.05, 3.63) is 102 Å². The van der Waals surface area contributed by atoms with Crippen LogP contribution in [0.4, 0.5) is 14.5 Å². The maximum atomic E-state index is 13.9. The Bertz CT molecular complexity index is 1350. The molecule has 0 heterocycles. The van der Waals surface area contributed by atoms with Gasteiger partial charge < -0.3 is 10.2 Å². The van der Waals surface area contributed by atoms with Gasteiger partial charge in [-0.15, -0.1) is 0 Å². The lowest BCUT2D eigenvalue weighted by molar-refractivity contribution is -0.140. The zero-order valence-electron chi connectivity index (χ0n) is 22.2. The molecular weight excluding hydrogens is 524 g/mol. The maximum absolute atomic E-state index is 13.9. The minimum atomic E-state index is -3.95. The number of nitrogens with zero attached hydrogens (tertiary/aromatic N) is 2. The smallest absolute Gasteiger partial charge is 0.244 e. The van der Waals surface area contributed by atoms with Gasteiger partial charge in [0.15, 0.2) is 0 Å². The van der Waals surface area contributed by atoms with E-state index in [0.29, 0.717) is 12.0 Å². The molecule has 0 spiro atoms. The third-order valence-corrected chi connectivity index (χ3v) is 7.47. The van der Waals surface area contributed by atoms with Crippen molar-refractivity contribution >= 4 is 27.5 Å². The fraction of sp³-hybridized carbons (Fsp3) is 0.310. The highest BCUT2D eigenvalue weighted by molar-refractivity contribution is 7.92. The Morgan fingerprint density at radius 1 is 0.872 bits per heavy atom. The van der Waals surface area contributed by atoms with Gasteiger partial charge in [0.05, 0.1) is 11.9 Å². The van der Waals surface area contributed by atoms with Gasteiger partial charge in [-0.2, -0.15) is 0 Å². The third kappa shape index (κ3) is 8.61. The monoisotopic (exact) mass is 557 g/mol. The minimum Gasteiger partial charge on any atom is -0.352 e. The van der Waals surface area contributed by atoms with Crippen molar-refractivity contribution in [1.29, 1.82) is 0 Å². The van der Waals surface area contributed by atoms with E-state index < -0.39 is 46.1 Å². The van der Waals surface area contributed by atoms with Crippen LogP contribution in [0, 0.1) is 11.6 Å². The number of rotatable bonds is 12. The van der Waals surface area contributed by atoms with Crippen LogP contribution in [0.25, 0.3) is 0 Å². The molecule has 0 bridgehead atoms. The van der Waals surface area contributed by atoms with Crippen LogP contribution in [-0.2, 0) is 32.6 Å². The summed E-state index contributed by atoms with van der Waals surface area (Å²) < 4.78 is 53.4. The molecule has 3 rings (SSSR count). The Hall–Kier alpha value is -3.79. The maximum Gasteiger partial charge on any atom is 0.244 e. The lowest BCUT2D eigenvalue weighted by Crippen LogP contribution is -2.54. The van der Waals surface area contributed by atoms with E-state index in [-0.39, 0.29) is 24.7 Å². The minimum absolute atomic E-state index is 0.0639. The van der Waals surface area contributed by atoms with Crippen molar-refractivity contribution in [3.63, 3.8) is 0 Å². The van der Waals surface area contributed by atoms with E-state index in [1.807, 2.05) is 44.2 Å². The fourth-order valence-corrected chi connectivity index (χ4v) is 4.85. The van der Waals surface area contributed by atoms with Crippen LogP contribution in [0.3, 0.4) is 0 Å². The summed E-state index contributed by atoms with van der Waals surface area (Å²) in [4.78, 5) is 28.8. The van der Waals surface area contributed by atoms with Crippen LogP contribution in [0.15, 0.2) is 78.9 Å². The van der Waals surface area contributed by atoms with E-state index in [9.17, 15) is 26.8 Å². The van der Waals surface area contributed by atoms with Crippen molar-refractivity contribution in [2.24, 2.45) is 0 Å². The molecule has 0 aliphatic heterocycles. The molecule has 2 amide bonds. The average molecular weight is 558 g/mol. The van der Waals surface area contributed by atoms with Gasteiger partial charge in [-0.25, -0.2) is 17.2 Å². The molecule has 2 atom stereocenters. The summed E-state index contributed by atoms with van der Waals surface area (Å²) in [7, 11) is -3.95. The molecule has 3 aromatic carbocycles. The van der Waals surface area contributed by atoms with Crippen LogP contribution in [0.1, 0.15) is 31.4 Å². The molecule has 3 aromatic rings. The van der Waals surface area contributed by atoms with E-state index in [2.05, 4.69) is 5.32 Å². The Labute approximate surface area is 228 Å². The number of anilines is 1. The van der Waals surface area contributed by atoms with E-state index in [0.717, 1.165) is 28.3 Å². The molecule has 0 saturated heterocycles. The molecule has 0 aliphatic carbocycles. The van der Waals surface area contributed by atoms with Crippen LogP contribution >= 0.6 is 0 Å². The van der Waals surface area contributed by atoms with E-state index in [4.69, 9.17) is 0 Å². The van der Waals surface area contributed by atoms with E-state index >= 15 is 0 Å². The van der Waals surface area contributed by atoms with Gasteiger partial charge in [0.1, 0.15) is 24.2 Å². The standard InChI is InChI=1S/C29H33F2N3O4S/c1-4-21(2)32-29(36)27(18-22-8-6-5-7-9-22)33(19-23-10-12-24(30)13-11-23)28(35)20-34(39(3,37)38)26-16-14-25(31)15-17-26/h5-17,21,27H,4,18-20H2,1-3H3,(H,32,36)/t21-,27-/m1/s1. The highest BCUT2D eigenvalue weighted by Crippen LogP contribution is 2.21. The van der Waals surface area contributed by atoms with Crippen LogP contribution < -0.4 is 9.62 Å². The van der Waals surface area contributed by atoms with Crippen LogP contribution in [0.5, 0.6) is 0 Å². The molecular formula is C29H33F2N3O4S. The van der Waals surface area contributed by atoms with Crippen molar-refractivity contribution in [1.82, 2.24) is 10.2 Å².